The zero-order valence-electron chi connectivity index (χ0n) is 9.89. The van der Waals surface area contributed by atoms with Crippen molar-refractivity contribution < 1.29 is 8.42 Å². The Hall–Kier alpha value is -0.690. The highest BCUT2D eigenvalue weighted by Crippen LogP contribution is 2.14. The topological polar surface area (TPSA) is 72.2 Å². The molecule has 0 amide bonds. The third-order valence-electron chi connectivity index (χ3n) is 2.34. The Kier molecular flexibility index (Phi) is 5.52. The summed E-state index contributed by atoms with van der Waals surface area (Å²) in [5.41, 5.74) is 5.52. The minimum absolute atomic E-state index is 0.143. The Balaban J connectivity index is 2.93. The van der Waals surface area contributed by atoms with Crippen molar-refractivity contribution in [2.75, 3.05) is 0 Å². The summed E-state index contributed by atoms with van der Waals surface area (Å²) in [6.07, 6.45) is 1.35. The lowest BCUT2D eigenvalue weighted by molar-refractivity contribution is 0.567. The minimum atomic E-state index is -3.62. The number of rotatable bonds is 6. The molecule has 7 heteroatoms. The molecule has 0 aliphatic heterocycles. The van der Waals surface area contributed by atoms with Gasteiger partial charge in [-0.3, -0.25) is 0 Å². The van der Waals surface area contributed by atoms with Crippen LogP contribution in [0.15, 0.2) is 29.2 Å². The Morgan fingerprint density at radius 1 is 1.44 bits per heavy atom. The lowest BCUT2D eigenvalue weighted by atomic mass is 10.2. The van der Waals surface area contributed by atoms with Crippen molar-refractivity contribution in [3.05, 3.63) is 29.3 Å². The first-order valence-electron chi connectivity index (χ1n) is 5.44. The van der Waals surface area contributed by atoms with Crippen LogP contribution in [0, 0.1) is 0 Å². The van der Waals surface area contributed by atoms with E-state index in [1.54, 1.807) is 0 Å². The highest BCUT2D eigenvalue weighted by molar-refractivity contribution is 7.89. The van der Waals surface area contributed by atoms with E-state index in [2.05, 4.69) is 4.72 Å². The zero-order valence-corrected chi connectivity index (χ0v) is 12.3. The van der Waals surface area contributed by atoms with Crippen LogP contribution in [0.5, 0.6) is 0 Å². The van der Waals surface area contributed by atoms with Crippen LogP contribution in [-0.2, 0) is 10.0 Å². The maximum absolute atomic E-state index is 12.1. The molecule has 1 unspecified atom stereocenters. The first-order valence-corrected chi connectivity index (χ1v) is 7.71. The molecule has 0 aliphatic carbocycles. The zero-order chi connectivity index (χ0) is 13.8. The summed E-state index contributed by atoms with van der Waals surface area (Å²) in [6, 6.07) is 5.39. The molecule has 4 nitrogen and oxygen atoms in total. The highest BCUT2D eigenvalue weighted by Gasteiger charge is 2.21. The van der Waals surface area contributed by atoms with E-state index in [9.17, 15) is 8.42 Å². The van der Waals surface area contributed by atoms with Crippen LogP contribution in [0.25, 0.3) is 0 Å². The van der Waals surface area contributed by atoms with Gasteiger partial charge in [0.05, 0.1) is 15.9 Å². The molecule has 100 valence electrons. The van der Waals surface area contributed by atoms with E-state index in [4.69, 9.17) is 29.6 Å². The Morgan fingerprint density at radius 2 is 2.00 bits per heavy atom. The number of sulfonamides is 1. The quantitative estimate of drug-likeness (QED) is 0.789. The van der Waals surface area contributed by atoms with Crippen LogP contribution in [0.2, 0.25) is 5.02 Å². The standard InChI is InChI=1S/C11H15ClN2O2S2/c1-2-3-10(11(13)17)14-18(15,16)9-6-4-8(12)5-7-9/h4-7,10,14H,2-3H2,1H3,(H2,13,17). The maximum Gasteiger partial charge on any atom is 0.241 e. The number of benzene rings is 1. The van der Waals surface area contributed by atoms with Gasteiger partial charge in [-0.2, -0.15) is 0 Å². The number of nitrogens with one attached hydrogen (secondary N) is 1. The molecule has 1 atom stereocenters. The van der Waals surface area contributed by atoms with Crippen LogP contribution >= 0.6 is 23.8 Å². The first kappa shape index (κ1) is 15.4. The van der Waals surface area contributed by atoms with Gasteiger partial charge in [0, 0.05) is 5.02 Å². The number of thiocarbonyl (C=S) groups is 1. The molecule has 1 aromatic rings. The molecule has 3 N–H and O–H groups in total. The molecule has 0 aromatic heterocycles. The van der Waals surface area contributed by atoms with Gasteiger partial charge in [0.1, 0.15) is 0 Å². The fraction of sp³-hybridized carbons (Fsp3) is 0.364. The number of hydrogen-bond donors (Lipinski definition) is 2. The van der Waals surface area contributed by atoms with Crippen LogP contribution < -0.4 is 10.5 Å². The monoisotopic (exact) mass is 306 g/mol. The van der Waals surface area contributed by atoms with Crippen LogP contribution in [0.4, 0.5) is 0 Å². The third-order valence-corrected chi connectivity index (χ3v) is 4.37. The third kappa shape index (κ3) is 4.20. The molecule has 0 spiro atoms. The van der Waals surface area contributed by atoms with E-state index in [0.29, 0.717) is 11.4 Å². The van der Waals surface area contributed by atoms with Crippen molar-refractivity contribution in [3.8, 4) is 0 Å². The van der Waals surface area contributed by atoms with Crippen molar-refractivity contribution in [2.24, 2.45) is 5.73 Å². The normalized spacial score (nSPS) is 13.2. The van der Waals surface area contributed by atoms with E-state index >= 15 is 0 Å². The number of hydrogen-bond acceptors (Lipinski definition) is 3. The van der Waals surface area contributed by atoms with Crippen molar-refractivity contribution in [1.29, 1.82) is 0 Å². The summed E-state index contributed by atoms with van der Waals surface area (Å²) < 4.78 is 26.6. The lowest BCUT2D eigenvalue weighted by Crippen LogP contribution is -2.43. The van der Waals surface area contributed by atoms with Gasteiger partial charge >= 0.3 is 0 Å². The van der Waals surface area contributed by atoms with Gasteiger partial charge in [0.2, 0.25) is 10.0 Å². The molecule has 0 heterocycles. The van der Waals surface area contributed by atoms with Crippen LogP contribution in [0.3, 0.4) is 0 Å². The number of halogens is 1. The summed E-state index contributed by atoms with van der Waals surface area (Å²) in [5, 5.41) is 0.480. The van der Waals surface area contributed by atoms with Crippen molar-refractivity contribution in [1.82, 2.24) is 4.72 Å². The Labute approximate surface area is 118 Å². The fourth-order valence-electron chi connectivity index (χ4n) is 1.42. The molecule has 0 saturated heterocycles. The van der Waals surface area contributed by atoms with Crippen LogP contribution in [-0.4, -0.2) is 19.4 Å². The van der Waals surface area contributed by atoms with E-state index in [1.165, 1.54) is 24.3 Å². The number of nitrogens with two attached hydrogens (primary N) is 1. The van der Waals surface area contributed by atoms with Crippen molar-refractivity contribution >= 4 is 38.8 Å². The average molecular weight is 307 g/mol. The van der Waals surface area contributed by atoms with Gasteiger partial charge in [-0.15, -0.1) is 0 Å². The predicted octanol–water partition coefficient (Wildman–Crippen LogP) is 2.07. The van der Waals surface area contributed by atoms with Gasteiger partial charge in [-0.05, 0) is 30.7 Å². The van der Waals surface area contributed by atoms with Gasteiger partial charge in [-0.1, -0.05) is 37.2 Å². The molecule has 1 rings (SSSR count). The second kappa shape index (κ2) is 6.47. The smallest absolute Gasteiger partial charge is 0.241 e. The summed E-state index contributed by atoms with van der Waals surface area (Å²) in [4.78, 5) is 0.290. The van der Waals surface area contributed by atoms with Gasteiger partial charge in [0.15, 0.2) is 0 Å². The van der Waals surface area contributed by atoms with E-state index in [1.807, 2.05) is 6.92 Å². The molecule has 0 bridgehead atoms. The van der Waals surface area contributed by atoms with Crippen molar-refractivity contribution in [2.45, 2.75) is 30.7 Å². The van der Waals surface area contributed by atoms with E-state index < -0.39 is 16.1 Å². The van der Waals surface area contributed by atoms with Gasteiger partial charge < -0.3 is 5.73 Å². The van der Waals surface area contributed by atoms with Gasteiger partial charge in [0.25, 0.3) is 0 Å². The molecule has 0 aliphatic rings. The average Bonchev–Trinajstić information content (AvgIpc) is 2.28. The largest absolute Gasteiger partial charge is 0.392 e. The molecule has 18 heavy (non-hydrogen) atoms. The fourth-order valence-corrected chi connectivity index (χ4v) is 3.04. The van der Waals surface area contributed by atoms with Crippen LogP contribution in [0.1, 0.15) is 19.8 Å². The highest BCUT2D eigenvalue weighted by atomic mass is 35.5. The van der Waals surface area contributed by atoms with E-state index in [0.717, 1.165) is 6.42 Å². The van der Waals surface area contributed by atoms with Gasteiger partial charge in [-0.25, -0.2) is 13.1 Å². The summed E-state index contributed by atoms with van der Waals surface area (Å²) in [7, 11) is -3.62. The maximum atomic E-state index is 12.1. The molecule has 0 radical (unpaired) electrons. The second-order valence-electron chi connectivity index (χ2n) is 3.82. The minimum Gasteiger partial charge on any atom is -0.392 e. The van der Waals surface area contributed by atoms with E-state index in [-0.39, 0.29) is 9.88 Å². The first-order chi connectivity index (χ1) is 8.36. The lowest BCUT2D eigenvalue weighted by Gasteiger charge is -2.16. The summed E-state index contributed by atoms with van der Waals surface area (Å²) in [6.45, 7) is 1.93. The Bertz CT molecular complexity index is 514. The Morgan fingerprint density at radius 3 is 2.44 bits per heavy atom. The SMILES string of the molecule is CCCC(NS(=O)(=O)c1ccc(Cl)cc1)C(N)=S. The second-order valence-corrected chi connectivity index (χ2v) is 6.44. The summed E-state index contributed by atoms with van der Waals surface area (Å²) in [5.74, 6) is 0. The molecular formula is C11H15ClN2O2S2. The van der Waals surface area contributed by atoms with Crippen molar-refractivity contribution in [3.63, 3.8) is 0 Å². The molecule has 0 saturated carbocycles. The summed E-state index contributed by atoms with van der Waals surface area (Å²) >= 11 is 10.6. The molecule has 0 fully saturated rings. The molecular weight excluding hydrogens is 292 g/mol. The molecule has 1 aromatic carbocycles. The predicted molar refractivity (Wildman–Crippen MR) is 77.3 cm³/mol.